The summed E-state index contributed by atoms with van der Waals surface area (Å²) in [4.78, 5) is 24.0. The summed E-state index contributed by atoms with van der Waals surface area (Å²) >= 11 is 6.38. The van der Waals surface area contributed by atoms with Crippen LogP contribution in [0.1, 0.15) is 17.4 Å². The minimum absolute atomic E-state index is 0.162. The third kappa shape index (κ3) is 3.01. The van der Waals surface area contributed by atoms with Crippen molar-refractivity contribution in [2.24, 2.45) is 4.99 Å². The Kier molecular flexibility index (Phi) is 4.19. The highest BCUT2D eigenvalue weighted by atomic mass is 35.5. The van der Waals surface area contributed by atoms with Gasteiger partial charge >= 0.3 is 0 Å². The van der Waals surface area contributed by atoms with E-state index in [2.05, 4.69) is 15.2 Å². The maximum atomic E-state index is 12.6. The SMILES string of the molecule is Cc1cc(=O)n2c(n1)NC(N1CCOCC1)=N[C@@H]2c1ccccc1Cl. The van der Waals surface area contributed by atoms with Gasteiger partial charge in [0.2, 0.25) is 11.9 Å². The fraction of sp³-hybridized carbons (Fsp3) is 0.353. The molecular weight excluding hydrogens is 342 g/mol. The summed E-state index contributed by atoms with van der Waals surface area (Å²) in [7, 11) is 0. The Bertz CT molecular complexity index is 889. The van der Waals surface area contributed by atoms with Crippen LogP contribution < -0.4 is 10.9 Å². The number of hydrogen-bond acceptors (Lipinski definition) is 6. The number of aliphatic imine (C=N–C) groups is 1. The lowest BCUT2D eigenvalue weighted by molar-refractivity contribution is 0.0675. The van der Waals surface area contributed by atoms with Crippen LogP contribution in [0.4, 0.5) is 5.95 Å². The number of rotatable bonds is 1. The number of aryl methyl sites for hydroxylation is 1. The van der Waals surface area contributed by atoms with Gasteiger partial charge in [-0.3, -0.25) is 14.7 Å². The fourth-order valence-electron chi connectivity index (χ4n) is 3.07. The first-order chi connectivity index (χ1) is 12.1. The molecule has 0 aliphatic carbocycles. The first-order valence-electron chi connectivity index (χ1n) is 8.15. The molecule has 1 fully saturated rings. The van der Waals surface area contributed by atoms with E-state index in [0.29, 0.717) is 35.8 Å². The molecule has 1 aromatic carbocycles. The van der Waals surface area contributed by atoms with Crippen molar-refractivity contribution in [3.63, 3.8) is 0 Å². The quantitative estimate of drug-likeness (QED) is 0.841. The van der Waals surface area contributed by atoms with Crippen molar-refractivity contribution >= 4 is 23.5 Å². The summed E-state index contributed by atoms with van der Waals surface area (Å²) in [5, 5.41) is 3.76. The molecule has 7 nitrogen and oxygen atoms in total. The maximum Gasteiger partial charge on any atom is 0.257 e. The van der Waals surface area contributed by atoms with Crippen molar-refractivity contribution in [1.29, 1.82) is 0 Å². The number of ether oxygens (including phenoxy) is 1. The van der Waals surface area contributed by atoms with Crippen molar-refractivity contribution < 1.29 is 4.74 Å². The summed E-state index contributed by atoms with van der Waals surface area (Å²) in [6.07, 6.45) is -0.552. The van der Waals surface area contributed by atoms with Crippen LogP contribution >= 0.6 is 11.6 Å². The van der Waals surface area contributed by atoms with Gasteiger partial charge in [0.05, 0.1) is 13.2 Å². The standard InChI is InChI=1S/C17H18ClN5O2/c1-11-10-14(24)23-15(12-4-2-3-5-13(12)18)20-16(21-17(23)19-11)22-6-8-25-9-7-22/h2-5,10,15H,6-9H2,1H3,(H,19,20,21)/t15-/m0/s1. The summed E-state index contributed by atoms with van der Waals surface area (Å²) in [6.45, 7) is 4.56. The highest BCUT2D eigenvalue weighted by Gasteiger charge is 2.29. The topological polar surface area (TPSA) is 71.8 Å². The molecule has 1 saturated heterocycles. The van der Waals surface area contributed by atoms with Gasteiger partial charge in [0.1, 0.15) is 0 Å². The summed E-state index contributed by atoms with van der Waals surface area (Å²) in [5.41, 5.74) is 1.26. The van der Waals surface area contributed by atoms with Crippen LogP contribution in [0.15, 0.2) is 40.1 Å². The monoisotopic (exact) mass is 359 g/mol. The maximum absolute atomic E-state index is 12.6. The highest BCUT2D eigenvalue weighted by molar-refractivity contribution is 6.31. The van der Waals surface area contributed by atoms with Gasteiger partial charge < -0.3 is 9.64 Å². The van der Waals surface area contributed by atoms with Gasteiger partial charge in [-0.1, -0.05) is 29.8 Å². The molecule has 3 heterocycles. The molecule has 1 aromatic heterocycles. The van der Waals surface area contributed by atoms with E-state index in [1.165, 1.54) is 10.6 Å². The van der Waals surface area contributed by atoms with Crippen molar-refractivity contribution in [2.75, 3.05) is 31.6 Å². The second-order valence-corrected chi connectivity index (χ2v) is 6.41. The van der Waals surface area contributed by atoms with Gasteiger partial charge in [-0.25, -0.2) is 9.98 Å². The number of nitrogens with zero attached hydrogens (tertiary/aromatic N) is 4. The van der Waals surface area contributed by atoms with E-state index in [1.54, 1.807) is 13.0 Å². The van der Waals surface area contributed by atoms with Gasteiger partial charge in [-0.2, -0.15) is 0 Å². The van der Waals surface area contributed by atoms with Gasteiger partial charge in [-0.05, 0) is 13.0 Å². The zero-order valence-electron chi connectivity index (χ0n) is 13.8. The normalized spacial score (nSPS) is 19.8. The number of aromatic nitrogens is 2. The number of anilines is 1. The van der Waals surface area contributed by atoms with E-state index in [-0.39, 0.29) is 5.56 Å². The van der Waals surface area contributed by atoms with Crippen molar-refractivity contribution in [2.45, 2.75) is 13.1 Å². The van der Waals surface area contributed by atoms with E-state index in [9.17, 15) is 4.79 Å². The Hall–Kier alpha value is -2.38. The Balaban J connectivity index is 1.85. The van der Waals surface area contributed by atoms with Gasteiger partial charge in [0, 0.05) is 35.4 Å². The molecule has 0 radical (unpaired) electrons. The van der Waals surface area contributed by atoms with Crippen LogP contribution in [0.2, 0.25) is 5.02 Å². The predicted octanol–water partition coefficient (Wildman–Crippen LogP) is 1.87. The molecule has 0 amide bonds. The zero-order valence-corrected chi connectivity index (χ0v) is 14.5. The molecule has 25 heavy (non-hydrogen) atoms. The summed E-state index contributed by atoms with van der Waals surface area (Å²) in [6, 6.07) is 8.93. The molecule has 0 bridgehead atoms. The van der Waals surface area contributed by atoms with E-state index in [4.69, 9.17) is 21.3 Å². The molecule has 1 N–H and O–H groups in total. The Morgan fingerprint density at radius 3 is 2.80 bits per heavy atom. The van der Waals surface area contributed by atoms with Crippen molar-refractivity contribution in [3.8, 4) is 0 Å². The lowest BCUT2D eigenvalue weighted by atomic mass is 10.1. The summed E-state index contributed by atoms with van der Waals surface area (Å²) < 4.78 is 6.95. The van der Waals surface area contributed by atoms with Crippen molar-refractivity contribution in [3.05, 3.63) is 57.0 Å². The van der Waals surface area contributed by atoms with Crippen LogP contribution in [0.25, 0.3) is 0 Å². The Morgan fingerprint density at radius 1 is 1.28 bits per heavy atom. The lowest BCUT2D eigenvalue weighted by Gasteiger charge is -2.34. The molecule has 4 rings (SSSR count). The van der Waals surface area contributed by atoms with Crippen LogP contribution in [0.3, 0.4) is 0 Å². The van der Waals surface area contributed by atoms with E-state index < -0.39 is 6.17 Å². The van der Waals surface area contributed by atoms with Crippen LogP contribution in [-0.2, 0) is 4.74 Å². The molecule has 0 unspecified atom stereocenters. The number of morpholine rings is 1. The lowest BCUT2D eigenvalue weighted by Crippen LogP contribution is -2.47. The molecule has 1 atom stereocenters. The first-order valence-corrected chi connectivity index (χ1v) is 8.53. The minimum Gasteiger partial charge on any atom is -0.378 e. The number of nitrogens with one attached hydrogen (secondary N) is 1. The van der Waals surface area contributed by atoms with Crippen LogP contribution in [0.5, 0.6) is 0 Å². The fourth-order valence-corrected chi connectivity index (χ4v) is 3.30. The van der Waals surface area contributed by atoms with E-state index in [0.717, 1.165) is 18.7 Å². The average molecular weight is 360 g/mol. The van der Waals surface area contributed by atoms with E-state index >= 15 is 0 Å². The Morgan fingerprint density at radius 2 is 2.04 bits per heavy atom. The highest BCUT2D eigenvalue weighted by Crippen LogP contribution is 2.30. The van der Waals surface area contributed by atoms with Gasteiger partial charge in [0.15, 0.2) is 6.17 Å². The third-order valence-corrected chi connectivity index (χ3v) is 4.63. The third-order valence-electron chi connectivity index (χ3n) is 4.29. The average Bonchev–Trinajstić information content (AvgIpc) is 2.61. The molecule has 2 aromatic rings. The Labute approximate surface area is 149 Å². The second kappa shape index (κ2) is 6.50. The molecule has 130 valence electrons. The first kappa shape index (κ1) is 16.1. The number of benzene rings is 1. The number of guanidine groups is 1. The zero-order chi connectivity index (χ0) is 17.4. The number of fused-ring (bicyclic) bond motifs is 1. The minimum atomic E-state index is -0.552. The molecular formula is C17H18ClN5O2. The predicted molar refractivity (Wildman–Crippen MR) is 96.3 cm³/mol. The number of halogens is 1. The molecule has 8 heteroatoms. The van der Waals surface area contributed by atoms with Gasteiger partial charge in [-0.15, -0.1) is 0 Å². The molecule has 2 aliphatic heterocycles. The summed E-state index contributed by atoms with van der Waals surface area (Å²) in [5.74, 6) is 1.16. The largest absolute Gasteiger partial charge is 0.378 e. The molecule has 0 spiro atoms. The van der Waals surface area contributed by atoms with E-state index in [1.807, 2.05) is 18.2 Å². The molecule has 2 aliphatic rings. The van der Waals surface area contributed by atoms with Crippen LogP contribution in [-0.4, -0.2) is 46.7 Å². The van der Waals surface area contributed by atoms with Crippen LogP contribution in [0, 0.1) is 6.92 Å². The number of hydrogen-bond donors (Lipinski definition) is 1. The molecule has 0 saturated carbocycles. The van der Waals surface area contributed by atoms with Crippen molar-refractivity contribution in [1.82, 2.24) is 14.5 Å². The second-order valence-electron chi connectivity index (χ2n) is 6.00. The smallest absolute Gasteiger partial charge is 0.257 e. The van der Waals surface area contributed by atoms with Gasteiger partial charge in [0.25, 0.3) is 5.56 Å².